The number of hydrogen-bond donors (Lipinski definition) is 0. The average molecular weight is 283 g/mol. The van der Waals surface area contributed by atoms with E-state index in [1.165, 1.54) is 0 Å². The highest BCUT2D eigenvalue weighted by molar-refractivity contribution is 6.31. The van der Waals surface area contributed by atoms with Crippen LogP contribution < -0.4 is 0 Å². The molecule has 0 aromatic carbocycles. The molecule has 3 nitrogen and oxygen atoms in total. The Bertz CT molecular complexity index is 399. The van der Waals surface area contributed by atoms with Crippen molar-refractivity contribution in [1.82, 2.24) is 9.78 Å². The summed E-state index contributed by atoms with van der Waals surface area (Å²) in [5, 5.41) is 4.57. The van der Waals surface area contributed by atoms with Gasteiger partial charge in [-0.3, -0.25) is 4.68 Å². The summed E-state index contributed by atoms with van der Waals surface area (Å²) < 4.78 is 42.1. The largest absolute Gasteiger partial charge is 0.411 e. The fourth-order valence-corrected chi connectivity index (χ4v) is 2.32. The van der Waals surface area contributed by atoms with Gasteiger partial charge in [0.2, 0.25) is 0 Å². The first-order valence-electron chi connectivity index (χ1n) is 5.84. The van der Waals surface area contributed by atoms with Gasteiger partial charge >= 0.3 is 6.18 Å². The minimum atomic E-state index is -4.32. The van der Waals surface area contributed by atoms with Crippen LogP contribution in [-0.2, 0) is 11.3 Å². The van der Waals surface area contributed by atoms with Crippen LogP contribution in [0.4, 0.5) is 13.2 Å². The van der Waals surface area contributed by atoms with Gasteiger partial charge in [0.1, 0.15) is 12.3 Å². The smallest absolute Gasteiger partial charge is 0.366 e. The SMILES string of the molecule is FC(F)(F)COCc1nn(C2CCCC2)cc1Cl. The first-order valence-corrected chi connectivity index (χ1v) is 6.21. The zero-order valence-corrected chi connectivity index (χ0v) is 10.5. The van der Waals surface area contributed by atoms with E-state index in [1.807, 2.05) is 0 Å². The molecule has 1 fully saturated rings. The number of alkyl halides is 3. The predicted octanol–water partition coefficient (Wildman–Crippen LogP) is 3.73. The maximum atomic E-state index is 11.9. The Morgan fingerprint density at radius 1 is 1.39 bits per heavy atom. The standard InChI is InChI=1S/C11H14ClF3N2O/c12-9-5-17(8-3-1-2-4-8)16-10(9)6-18-7-11(13,14)15/h5,8H,1-4,6-7H2. The molecule has 0 amide bonds. The fourth-order valence-electron chi connectivity index (χ4n) is 2.12. The van der Waals surface area contributed by atoms with Gasteiger partial charge in [0, 0.05) is 6.20 Å². The number of aromatic nitrogens is 2. The second-order valence-corrected chi connectivity index (χ2v) is 4.86. The molecule has 0 aliphatic heterocycles. The zero-order chi connectivity index (χ0) is 13.2. The van der Waals surface area contributed by atoms with Crippen molar-refractivity contribution in [2.24, 2.45) is 0 Å². The monoisotopic (exact) mass is 282 g/mol. The third-order valence-electron chi connectivity index (χ3n) is 2.96. The highest BCUT2D eigenvalue weighted by Crippen LogP contribution is 2.30. The van der Waals surface area contributed by atoms with Crippen LogP contribution in [0.5, 0.6) is 0 Å². The topological polar surface area (TPSA) is 27.1 Å². The highest BCUT2D eigenvalue weighted by Gasteiger charge is 2.28. The maximum Gasteiger partial charge on any atom is 0.411 e. The Hall–Kier alpha value is -0.750. The molecule has 0 radical (unpaired) electrons. The molecule has 2 rings (SSSR count). The van der Waals surface area contributed by atoms with Crippen molar-refractivity contribution in [3.63, 3.8) is 0 Å². The average Bonchev–Trinajstić information content (AvgIpc) is 2.86. The van der Waals surface area contributed by atoms with Crippen LogP contribution in [0.25, 0.3) is 0 Å². The molecule has 0 atom stereocenters. The minimum absolute atomic E-state index is 0.210. The molecule has 0 bridgehead atoms. The van der Waals surface area contributed by atoms with Gasteiger partial charge in [0.05, 0.1) is 17.7 Å². The van der Waals surface area contributed by atoms with E-state index in [0.29, 0.717) is 16.8 Å². The lowest BCUT2D eigenvalue weighted by Crippen LogP contribution is -2.17. The van der Waals surface area contributed by atoms with E-state index in [-0.39, 0.29) is 6.61 Å². The van der Waals surface area contributed by atoms with E-state index >= 15 is 0 Å². The molecule has 1 aromatic heterocycles. The van der Waals surface area contributed by atoms with Crippen LogP contribution in [0.15, 0.2) is 6.20 Å². The second kappa shape index (κ2) is 5.48. The van der Waals surface area contributed by atoms with Gasteiger partial charge in [-0.05, 0) is 12.8 Å². The van der Waals surface area contributed by atoms with Crippen molar-refractivity contribution in [2.75, 3.05) is 6.61 Å². The van der Waals surface area contributed by atoms with Crippen molar-refractivity contribution in [2.45, 2.75) is 44.5 Å². The van der Waals surface area contributed by atoms with Gasteiger partial charge in [-0.2, -0.15) is 18.3 Å². The molecular weight excluding hydrogens is 269 g/mol. The molecule has 0 saturated heterocycles. The van der Waals surface area contributed by atoms with Crippen molar-refractivity contribution >= 4 is 11.6 Å². The summed E-state index contributed by atoms with van der Waals surface area (Å²) in [6, 6.07) is 0.318. The molecule has 7 heteroatoms. The summed E-state index contributed by atoms with van der Waals surface area (Å²) in [6.07, 6.45) is 1.75. The second-order valence-electron chi connectivity index (χ2n) is 4.45. The summed E-state index contributed by atoms with van der Waals surface area (Å²) in [4.78, 5) is 0. The Balaban J connectivity index is 1.92. The molecule has 1 aliphatic carbocycles. The van der Waals surface area contributed by atoms with Gasteiger partial charge in [-0.1, -0.05) is 24.4 Å². The minimum Gasteiger partial charge on any atom is -0.366 e. The number of rotatable bonds is 4. The summed E-state index contributed by atoms with van der Waals surface area (Å²) in [7, 11) is 0. The van der Waals surface area contributed by atoms with E-state index in [4.69, 9.17) is 11.6 Å². The van der Waals surface area contributed by atoms with Crippen molar-refractivity contribution < 1.29 is 17.9 Å². The predicted molar refractivity (Wildman–Crippen MR) is 60.5 cm³/mol. The van der Waals surface area contributed by atoms with Crippen LogP contribution in [0.1, 0.15) is 37.4 Å². The van der Waals surface area contributed by atoms with Crippen LogP contribution in [0.3, 0.4) is 0 Å². The Kier molecular flexibility index (Phi) is 4.17. The van der Waals surface area contributed by atoms with Crippen molar-refractivity contribution in [3.8, 4) is 0 Å². The summed E-state index contributed by atoms with van der Waals surface area (Å²) >= 11 is 5.93. The van der Waals surface area contributed by atoms with Gasteiger partial charge in [-0.25, -0.2) is 0 Å². The number of nitrogens with zero attached hydrogens (tertiary/aromatic N) is 2. The fraction of sp³-hybridized carbons (Fsp3) is 0.727. The number of ether oxygens (including phenoxy) is 1. The van der Waals surface area contributed by atoms with Gasteiger partial charge in [-0.15, -0.1) is 0 Å². The van der Waals surface area contributed by atoms with Crippen LogP contribution in [0.2, 0.25) is 5.02 Å². The zero-order valence-electron chi connectivity index (χ0n) is 9.71. The molecule has 18 heavy (non-hydrogen) atoms. The van der Waals surface area contributed by atoms with Gasteiger partial charge < -0.3 is 4.74 Å². The lowest BCUT2D eigenvalue weighted by atomic mass is 10.3. The van der Waals surface area contributed by atoms with Crippen molar-refractivity contribution in [3.05, 3.63) is 16.9 Å². The first kappa shape index (κ1) is 13.7. The molecule has 1 saturated carbocycles. The Morgan fingerprint density at radius 3 is 2.67 bits per heavy atom. The molecule has 0 unspecified atom stereocenters. The third kappa shape index (κ3) is 3.62. The lowest BCUT2D eigenvalue weighted by Gasteiger charge is -2.09. The van der Waals surface area contributed by atoms with Crippen LogP contribution >= 0.6 is 11.6 Å². The quantitative estimate of drug-likeness (QED) is 0.841. The van der Waals surface area contributed by atoms with Crippen molar-refractivity contribution in [1.29, 1.82) is 0 Å². The maximum absolute atomic E-state index is 11.9. The van der Waals surface area contributed by atoms with E-state index in [1.54, 1.807) is 10.9 Å². The molecule has 1 heterocycles. The third-order valence-corrected chi connectivity index (χ3v) is 3.28. The van der Waals surface area contributed by atoms with Crippen LogP contribution in [-0.4, -0.2) is 22.6 Å². The number of halogens is 4. The molecule has 0 N–H and O–H groups in total. The highest BCUT2D eigenvalue weighted by atomic mass is 35.5. The van der Waals surface area contributed by atoms with Gasteiger partial charge in [0.25, 0.3) is 0 Å². The van der Waals surface area contributed by atoms with E-state index < -0.39 is 12.8 Å². The molecule has 102 valence electrons. The van der Waals surface area contributed by atoms with E-state index in [9.17, 15) is 13.2 Å². The summed E-state index contributed by atoms with van der Waals surface area (Å²) in [5.41, 5.74) is 0.368. The molecule has 1 aromatic rings. The Morgan fingerprint density at radius 2 is 2.06 bits per heavy atom. The van der Waals surface area contributed by atoms with Crippen LogP contribution in [0, 0.1) is 0 Å². The lowest BCUT2D eigenvalue weighted by molar-refractivity contribution is -0.176. The summed E-state index contributed by atoms with van der Waals surface area (Å²) in [6.45, 7) is -1.49. The van der Waals surface area contributed by atoms with E-state index in [2.05, 4.69) is 9.84 Å². The molecule has 1 aliphatic rings. The number of hydrogen-bond acceptors (Lipinski definition) is 2. The van der Waals surface area contributed by atoms with E-state index in [0.717, 1.165) is 25.7 Å². The van der Waals surface area contributed by atoms with Gasteiger partial charge in [0.15, 0.2) is 0 Å². The first-order chi connectivity index (χ1) is 8.46. The summed E-state index contributed by atoms with van der Waals surface area (Å²) in [5.74, 6) is 0. The molecular formula is C11H14ClF3N2O. The molecule has 0 spiro atoms. The Labute approximate surface area is 108 Å². The normalized spacial score (nSPS) is 17.6.